The van der Waals surface area contributed by atoms with Gasteiger partial charge in [0.2, 0.25) is 0 Å². The lowest BCUT2D eigenvalue weighted by Gasteiger charge is -2.10. The maximum Gasteiger partial charge on any atom is 0.262 e. The minimum atomic E-state index is -0.436. The number of hydrogen-bond donors (Lipinski definition) is 1. The molecule has 0 aliphatic heterocycles. The van der Waals surface area contributed by atoms with Crippen LogP contribution >= 0.6 is 11.3 Å². The number of methoxy groups -OCH3 is 1. The predicted molar refractivity (Wildman–Crippen MR) is 138 cm³/mol. The number of ether oxygens (including phenoxy) is 2. The van der Waals surface area contributed by atoms with Crippen molar-refractivity contribution in [2.75, 3.05) is 13.7 Å². The molecule has 2 aromatic heterocycles. The summed E-state index contributed by atoms with van der Waals surface area (Å²) in [5.41, 5.74) is 3.94. The number of nitrogens with zero attached hydrogens (tertiary/aromatic N) is 3. The van der Waals surface area contributed by atoms with Crippen molar-refractivity contribution < 1.29 is 14.3 Å². The van der Waals surface area contributed by atoms with Crippen LogP contribution in [0.1, 0.15) is 25.3 Å². The lowest BCUT2D eigenvalue weighted by atomic mass is 10.2. The number of nitrogens with one attached hydrogen (secondary N) is 1. The van der Waals surface area contributed by atoms with Crippen molar-refractivity contribution in [2.24, 2.45) is 5.10 Å². The van der Waals surface area contributed by atoms with Crippen molar-refractivity contribution >= 4 is 33.7 Å². The first-order valence-electron chi connectivity index (χ1n) is 11.3. The summed E-state index contributed by atoms with van der Waals surface area (Å²) in [7, 11) is 1.57. The molecule has 0 aliphatic carbocycles. The maximum atomic E-state index is 12.9. The molecule has 0 fully saturated rings. The van der Waals surface area contributed by atoms with E-state index < -0.39 is 5.91 Å². The Labute approximate surface area is 206 Å². The predicted octanol–water partition coefficient (Wildman–Crippen LogP) is 4.46. The van der Waals surface area contributed by atoms with E-state index in [2.05, 4.69) is 22.4 Å². The number of aromatic nitrogens is 2. The fraction of sp³-hybridized carbons (Fsp3) is 0.231. The summed E-state index contributed by atoms with van der Waals surface area (Å²) in [6.07, 6.45) is 4.90. The number of fused-ring (bicyclic) bond motifs is 1. The van der Waals surface area contributed by atoms with Crippen LogP contribution < -0.4 is 20.5 Å². The maximum absolute atomic E-state index is 12.9. The first kappa shape index (κ1) is 24.2. The lowest BCUT2D eigenvalue weighted by molar-refractivity contribution is -0.121. The number of carbonyl (C=O) groups excluding carboxylic acids is 1. The standard InChI is InChI=1S/C26H26N4O4S/c1-3-4-12-34-21-11-10-18(13-22(21)33-2)15-28-29-24(31)16-30-17-27-25-20(26(30)32)14-23(35-25)19-8-6-5-7-9-19/h5-11,13-15,17H,3-4,12,16H2,1-2H3,(H,29,31). The van der Waals surface area contributed by atoms with Crippen LogP contribution in [0.3, 0.4) is 0 Å². The van der Waals surface area contributed by atoms with Crippen molar-refractivity contribution in [1.29, 1.82) is 0 Å². The number of hydrazone groups is 1. The molecular formula is C26H26N4O4S. The molecule has 9 heteroatoms. The molecule has 0 bridgehead atoms. The summed E-state index contributed by atoms with van der Waals surface area (Å²) in [4.78, 5) is 31.2. The van der Waals surface area contributed by atoms with Crippen LogP contribution in [-0.4, -0.2) is 35.4 Å². The van der Waals surface area contributed by atoms with Gasteiger partial charge in [-0.3, -0.25) is 14.2 Å². The monoisotopic (exact) mass is 490 g/mol. The first-order valence-corrected chi connectivity index (χ1v) is 12.1. The molecule has 35 heavy (non-hydrogen) atoms. The molecule has 0 saturated carbocycles. The van der Waals surface area contributed by atoms with E-state index in [1.807, 2.05) is 48.5 Å². The van der Waals surface area contributed by atoms with Crippen molar-refractivity contribution in [1.82, 2.24) is 15.0 Å². The number of unbranched alkanes of at least 4 members (excludes halogenated alkanes) is 1. The summed E-state index contributed by atoms with van der Waals surface area (Å²) in [6, 6.07) is 17.0. The summed E-state index contributed by atoms with van der Waals surface area (Å²) in [5, 5.41) is 4.49. The molecule has 0 saturated heterocycles. The molecule has 2 aromatic carbocycles. The Bertz CT molecular complexity index is 1400. The van der Waals surface area contributed by atoms with Gasteiger partial charge in [-0.2, -0.15) is 5.10 Å². The third-order valence-electron chi connectivity index (χ3n) is 5.24. The average Bonchev–Trinajstić information content (AvgIpc) is 3.32. The molecule has 2 heterocycles. The van der Waals surface area contributed by atoms with Gasteiger partial charge < -0.3 is 9.47 Å². The van der Waals surface area contributed by atoms with Crippen molar-refractivity contribution in [3.8, 4) is 21.9 Å². The van der Waals surface area contributed by atoms with Gasteiger partial charge in [-0.25, -0.2) is 10.4 Å². The van der Waals surface area contributed by atoms with Crippen molar-refractivity contribution in [3.05, 3.63) is 76.8 Å². The van der Waals surface area contributed by atoms with E-state index in [0.29, 0.717) is 28.3 Å². The number of hydrogen-bond acceptors (Lipinski definition) is 7. The van der Waals surface area contributed by atoms with E-state index in [1.165, 1.54) is 28.4 Å². The second-order valence-electron chi connectivity index (χ2n) is 7.78. The van der Waals surface area contributed by atoms with E-state index >= 15 is 0 Å². The molecule has 0 radical (unpaired) electrons. The van der Waals surface area contributed by atoms with Crippen LogP contribution in [-0.2, 0) is 11.3 Å². The molecule has 0 unspecified atom stereocenters. The van der Waals surface area contributed by atoms with E-state index in [4.69, 9.17) is 9.47 Å². The molecule has 1 N–H and O–H groups in total. The highest BCUT2D eigenvalue weighted by molar-refractivity contribution is 7.21. The Balaban J connectivity index is 1.41. The number of amides is 1. The van der Waals surface area contributed by atoms with Gasteiger partial charge in [0.25, 0.3) is 11.5 Å². The van der Waals surface area contributed by atoms with E-state index in [0.717, 1.165) is 28.8 Å². The summed E-state index contributed by atoms with van der Waals surface area (Å²) in [5.74, 6) is 0.815. The van der Waals surface area contributed by atoms with Crippen LogP contribution in [0.15, 0.2) is 70.8 Å². The fourth-order valence-corrected chi connectivity index (χ4v) is 4.39. The normalized spacial score (nSPS) is 11.1. The molecule has 0 spiro atoms. The number of rotatable bonds is 10. The highest BCUT2D eigenvalue weighted by Crippen LogP contribution is 2.30. The highest BCUT2D eigenvalue weighted by Gasteiger charge is 2.12. The summed E-state index contributed by atoms with van der Waals surface area (Å²) < 4.78 is 12.4. The quantitative estimate of drug-likeness (QED) is 0.201. The zero-order chi connectivity index (χ0) is 24.6. The average molecular weight is 491 g/mol. The number of thiophene rings is 1. The Morgan fingerprint density at radius 1 is 1.17 bits per heavy atom. The molecule has 4 aromatic rings. The van der Waals surface area contributed by atoms with Crippen molar-refractivity contribution in [3.63, 3.8) is 0 Å². The summed E-state index contributed by atoms with van der Waals surface area (Å²) in [6.45, 7) is 2.53. The third kappa shape index (κ3) is 5.93. The minimum absolute atomic E-state index is 0.191. The second-order valence-corrected chi connectivity index (χ2v) is 8.81. The van der Waals surface area contributed by atoms with Gasteiger partial charge in [0.05, 0.1) is 31.6 Å². The number of benzene rings is 2. The van der Waals surface area contributed by atoms with Gasteiger partial charge in [0.15, 0.2) is 11.5 Å². The number of carbonyl (C=O) groups is 1. The zero-order valence-corrected chi connectivity index (χ0v) is 20.4. The Kier molecular flexibility index (Phi) is 7.89. The van der Waals surface area contributed by atoms with Crippen LogP contribution in [0.25, 0.3) is 20.7 Å². The van der Waals surface area contributed by atoms with E-state index in [9.17, 15) is 9.59 Å². The smallest absolute Gasteiger partial charge is 0.262 e. The SMILES string of the molecule is CCCCOc1ccc(C=NNC(=O)Cn2cnc3sc(-c4ccccc4)cc3c2=O)cc1OC. The van der Waals surface area contributed by atoms with Gasteiger partial charge in [0, 0.05) is 4.88 Å². The Hall–Kier alpha value is -3.98. The van der Waals surface area contributed by atoms with Crippen molar-refractivity contribution in [2.45, 2.75) is 26.3 Å². The Morgan fingerprint density at radius 2 is 2.00 bits per heavy atom. The molecule has 180 valence electrons. The molecule has 4 rings (SSSR count). The molecule has 0 atom stereocenters. The molecule has 8 nitrogen and oxygen atoms in total. The lowest BCUT2D eigenvalue weighted by Crippen LogP contribution is -2.29. The largest absolute Gasteiger partial charge is 0.493 e. The zero-order valence-electron chi connectivity index (χ0n) is 19.6. The molecule has 0 aliphatic rings. The fourth-order valence-electron chi connectivity index (χ4n) is 3.40. The van der Waals surface area contributed by atoms with Crippen LogP contribution in [0.4, 0.5) is 0 Å². The molecular weight excluding hydrogens is 464 g/mol. The highest BCUT2D eigenvalue weighted by atomic mass is 32.1. The Morgan fingerprint density at radius 3 is 2.77 bits per heavy atom. The van der Waals surface area contributed by atoms with E-state index in [1.54, 1.807) is 13.2 Å². The van der Waals surface area contributed by atoms with Gasteiger partial charge >= 0.3 is 0 Å². The minimum Gasteiger partial charge on any atom is -0.493 e. The second kappa shape index (κ2) is 11.4. The first-order chi connectivity index (χ1) is 17.1. The van der Waals surface area contributed by atoms with E-state index in [-0.39, 0.29) is 12.1 Å². The van der Waals surface area contributed by atoms with Gasteiger partial charge in [-0.05, 0) is 41.8 Å². The van der Waals surface area contributed by atoms with Gasteiger partial charge in [-0.1, -0.05) is 43.7 Å². The molecule has 1 amide bonds. The topological polar surface area (TPSA) is 94.8 Å². The van der Waals surface area contributed by atoms with Crippen LogP contribution in [0.5, 0.6) is 11.5 Å². The van der Waals surface area contributed by atoms with Gasteiger partial charge in [0.1, 0.15) is 11.4 Å². The summed E-state index contributed by atoms with van der Waals surface area (Å²) >= 11 is 1.45. The van der Waals surface area contributed by atoms with Crippen LogP contribution in [0.2, 0.25) is 0 Å². The third-order valence-corrected chi connectivity index (χ3v) is 6.33. The van der Waals surface area contributed by atoms with Gasteiger partial charge in [-0.15, -0.1) is 11.3 Å². The van der Waals surface area contributed by atoms with Crippen LogP contribution in [0, 0.1) is 0 Å².